The molecular weight excluding hydrogens is 234 g/mol. The van der Waals surface area contributed by atoms with Crippen molar-refractivity contribution >= 4 is 17.7 Å². The van der Waals surface area contributed by atoms with E-state index in [1.165, 1.54) is 0 Å². The largest absolute Gasteiger partial charge is 0.338 e. The van der Waals surface area contributed by atoms with E-state index in [9.17, 15) is 4.79 Å². The van der Waals surface area contributed by atoms with Crippen LogP contribution in [-0.4, -0.2) is 66.0 Å². The van der Waals surface area contributed by atoms with Crippen molar-refractivity contribution in [1.29, 1.82) is 0 Å². The van der Waals surface area contributed by atoms with Gasteiger partial charge in [-0.1, -0.05) is 0 Å². The number of likely N-dealkylation sites (N-methyl/N-ethyl adjacent to an activating group) is 1. The maximum Gasteiger partial charge on any atom is 0.239 e. The number of nitrogens with zero attached hydrogens (tertiary/aromatic N) is 2. The Morgan fingerprint density at radius 2 is 2.12 bits per heavy atom. The first-order chi connectivity index (χ1) is 7.88. The lowest BCUT2D eigenvalue weighted by atomic mass is 9.99. The SMILES string of the molecule is CSCC[C@H](N)C(=O)N1CCN(C)C(C)(C)C1. The molecule has 2 N–H and O–H groups in total. The Bertz CT molecular complexity index is 270. The Morgan fingerprint density at radius 3 is 2.65 bits per heavy atom. The summed E-state index contributed by atoms with van der Waals surface area (Å²) in [7, 11) is 2.11. The summed E-state index contributed by atoms with van der Waals surface area (Å²) < 4.78 is 0. The van der Waals surface area contributed by atoms with Crippen molar-refractivity contribution in [2.45, 2.75) is 31.8 Å². The van der Waals surface area contributed by atoms with Gasteiger partial charge in [-0.2, -0.15) is 11.8 Å². The predicted octanol–water partition coefficient (Wildman–Crippen LogP) is 0.619. The molecule has 0 aromatic carbocycles. The molecule has 1 aliphatic rings. The summed E-state index contributed by atoms with van der Waals surface area (Å²) in [6.45, 7) is 6.83. The van der Waals surface area contributed by atoms with Crippen molar-refractivity contribution in [2.75, 3.05) is 38.7 Å². The Hall–Kier alpha value is -0.260. The Labute approximate surface area is 109 Å². The van der Waals surface area contributed by atoms with E-state index in [1.54, 1.807) is 11.8 Å². The topological polar surface area (TPSA) is 49.6 Å². The Balaban J connectivity index is 2.53. The molecule has 17 heavy (non-hydrogen) atoms. The van der Waals surface area contributed by atoms with Crippen LogP contribution in [-0.2, 0) is 4.79 Å². The molecule has 0 aromatic heterocycles. The first kappa shape index (κ1) is 14.8. The molecule has 0 spiro atoms. The fraction of sp³-hybridized carbons (Fsp3) is 0.917. The lowest BCUT2D eigenvalue weighted by Gasteiger charge is -2.45. The van der Waals surface area contributed by atoms with Gasteiger partial charge in [-0.05, 0) is 39.3 Å². The Kier molecular flexibility index (Phi) is 5.28. The van der Waals surface area contributed by atoms with Crippen LogP contribution in [0.5, 0.6) is 0 Å². The molecular formula is C12H25N3OS. The zero-order valence-corrected chi connectivity index (χ0v) is 12.2. The molecule has 1 fully saturated rings. The minimum absolute atomic E-state index is 0.0487. The number of piperazine rings is 1. The molecule has 1 atom stereocenters. The summed E-state index contributed by atoms with van der Waals surface area (Å²) in [6, 6.07) is -0.332. The molecule has 0 bridgehead atoms. The zero-order chi connectivity index (χ0) is 13.1. The van der Waals surface area contributed by atoms with Crippen LogP contribution >= 0.6 is 11.8 Å². The van der Waals surface area contributed by atoms with Gasteiger partial charge in [0.2, 0.25) is 5.91 Å². The molecule has 1 amide bonds. The number of nitrogens with two attached hydrogens (primary N) is 1. The molecule has 0 saturated carbocycles. The third kappa shape index (κ3) is 3.86. The van der Waals surface area contributed by atoms with Gasteiger partial charge in [0.1, 0.15) is 0 Å². The Morgan fingerprint density at radius 1 is 1.47 bits per heavy atom. The number of carbonyl (C=O) groups excluding carboxylic acids is 1. The quantitative estimate of drug-likeness (QED) is 0.804. The second-order valence-electron chi connectivity index (χ2n) is 5.38. The second kappa shape index (κ2) is 6.07. The van der Waals surface area contributed by atoms with E-state index in [0.29, 0.717) is 0 Å². The van der Waals surface area contributed by atoms with Crippen molar-refractivity contribution in [1.82, 2.24) is 9.80 Å². The zero-order valence-electron chi connectivity index (χ0n) is 11.4. The van der Waals surface area contributed by atoms with Gasteiger partial charge in [-0.15, -0.1) is 0 Å². The average Bonchev–Trinajstić information content (AvgIpc) is 2.28. The third-order valence-corrected chi connectivity index (χ3v) is 4.22. The van der Waals surface area contributed by atoms with Gasteiger partial charge in [0.15, 0.2) is 0 Å². The molecule has 1 saturated heterocycles. The average molecular weight is 259 g/mol. The van der Waals surface area contributed by atoms with Crippen LogP contribution in [0, 0.1) is 0 Å². The molecule has 0 aliphatic carbocycles. The normalized spacial score (nSPS) is 22.5. The first-order valence-electron chi connectivity index (χ1n) is 6.13. The van der Waals surface area contributed by atoms with E-state index in [1.807, 2.05) is 11.2 Å². The number of rotatable bonds is 4. The molecule has 0 radical (unpaired) electrons. The van der Waals surface area contributed by atoms with E-state index >= 15 is 0 Å². The predicted molar refractivity (Wildman–Crippen MR) is 74.3 cm³/mol. The van der Waals surface area contributed by atoms with Crippen LogP contribution < -0.4 is 5.73 Å². The molecule has 1 rings (SSSR count). The monoisotopic (exact) mass is 259 g/mol. The number of amides is 1. The van der Waals surface area contributed by atoms with Crippen LogP contribution in [0.3, 0.4) is 0 Å². The summed E-state index contributed by atoms with van der Waals surface area (Å²) in [6.07, 6.45) is 2.81. The smallest absolute Gasteiger partial charge is 0.239 e. The van der Waals surface area contributed by atoms with Crippen LogP contribution in [0.4, 0.5) is 0 Å². The molecule has 0 unspecified atom stereocenters. The molecule has 100 valence electrons. The standard InChI is InChI=1S/C12H25N3OS/c1-12(2)9-15(7-6-14(12)3)11(16)10(13)5-8-17-4/h10H,5-9,13H2,1-4H3/t10-/m0/s1. The van der Waals surface area contributed by atoms with Crippen molar-refractivity contribution in [2.24, 2.45) is 5.73 Å². The summed E-state index contributed by atoms with van der Waals surface area (Å²) in [5.74, 6) is 1.06. The molecule has 1 aliphatic heterocycles. The molecule has 5 heteroatoms. The second-order valence-corrected chi connectivity index (χ2v) is 6.37. The lowest BCUT2D eigenvalue weighted by molar-refractivity contribution is -0.137. The van der Waals surface area contributed by atoms with Gasteiger partial charge in [0, 0.05) is 25.2 Å². The van der Waals surface area contributed by atoms with E-state index in [4.69, 9.17) is 5.73 Å². The van der Waals surface area contributed by atoms with Crippen molar-refractivity contribution < 1.29 is 4.79 Å². The number of hydrogen-bond donors (Lipinski definition) is 1. The van der Waals surface area contributed by atoms with Crippen LogP contribution in [0.25, 0.3) is 0 Å². The van der Waals surface area contributed by atoms with Crippen LogP contribution in [0.2, 0.25) is 0 Å². The summed E-state index contributed by atoms with van der Waals surface area (Å²) in [4.78, 5) is 16.4. The van der Waals surface area contributed by atoms with E-state index in [2.05, 4.69) is 25.8 Å². The van der Waals surface area contributed by atoms with E-state index in [-0.39, 0.29) is 17.5 Å². The lowest BCUT2D eigenvalue weighted by Crippen LogP contribution is -2.61. The van der Waals surface area contributed by atoms with Gasteiger partial charge >= 0.3 is 0 Å². The molecule has 4 nitrogen and oxygen atoms in total. The molecule has 0 aromatic rings. The highest BCUT2D eigenvalue weighted by Crippen LogP contribution is 2.19. The van der Waals surface area contributed by atoms with Gasteiger partial charge in [-0.3, -0.25) is 9.69 Å². The third-order valence-electron chi connectivity index (χ3n) is 3.58. The highest BCUT2D eigenvalue weighted by molar-refractivity contribution is 7.98. The molecule has 1 heterocycles. The van der Waals surface area contributed by atoms with Gasteiger partial charge in [0.25, 0.3) is 0 Å². The highest BCUT2D eigenvalue weighted by atomic mass is 32.2. The van der Waals surface area contributed by atoms with Gasteiger partial charge in [0.05, 0.1) is 6.04 Å². The minimum Gasteiger partial charge on any atom is -0.338 e. The van der Waals surface area contributed by atoms with Crippen molar-refractivity contribution in [3.05, 3.63) is 0 Å². The van der Waals surface area contributed by atoms with Crippen molar-refractivity contribution in [3.63, 3.8) is 0 Å². The highest BCUT2D eigenvalue weighted by Gasteiger charge is 2.34. The van der Waals surface area contributed by atoms with Crippen molar-refractivity contribution in [3.8, 4) is 0 Å². The van der Waals surface area contributed by atoms with E-state index < -0.39 is 0 Å². The van der Waals surface area contributed by atoms with Gasteiger partial charge < -0.3 is 10.6 Å². The maximum atomic E-state index is 12.2. The fourth-order valence-corrected chi connectivity index (χ4v) is 2.52. The number of carbonyl (C=O) groups is 1. The summed E-state index contributed by atoms with van der Waals surface area (Å²) in [5, 5.41) is 0. The first-order valence-corrected chi connectivity index (χ1v) is 7.52. The maximum absolute atomic E-state index is 12.2. The van der Waals surface area contributed by atoms with Crippen LogP contribution in [0.1, 0.15) is 20.3 Å². The van der Waals surface area contributed by atoms with Crippen LogP contribution in [0.15, 0.2) is 0 Å². The number of hydrogen-bond acceptors (Lipinski definition) is 4. The van der Waals surface area contributed by atoms with E-state index in [0.717, 1.165) is 31.8 Å². The number of thioether (sulfide) groups is 1. The summed E-state index contributed by atoms with van der Waals surface area (Å²) >= 11 is 1.74. The summed E-state index contributed by atoms with van der Waals surface area (Å²) in [5.41, 5.74) is 5.99. The fourth-order valence-electron chi connectivity index (χ4n) is 2.03. The van der Waals surface area contributed by atoms with Gasteiger partial charge in [-0.25, -0.2) is 0 Å². The minimum atomic E-state index is -0.332.